The van der Waals surface area contributed by atoms with Crippen molar-refractivity contribution in [1.29, 1.82) is 0 Å². The van der Waals surface area contributed by atoms with E-state index in [1.807, 2.05) is 59.2 Å². The lowest BCUT2D eigenvalue weighted by atomic mass is 10.0. The molecule has 0 aliphatic carbocycles. The topological polar surface area (TPSA) is 77.2 Å². The Hall–Kier alpha value is -3.00. The van der Waals surface area contributed by atoms with Crippen molar-refractivity contribution in [2.45, 2.75) is 30.2 Å². The molecule has 1 N–H and O–H groups in total. The van der Waals surface area contributed by atoms with Crippen molar-refractivity contribution < 1.29 is 14.6 Å². The summed E-state index contributed by atoms with van der Waals surface area (Å²) < 4.78 is 7.15. The lowest BCUT2D eigenvalue weighted by Crippen LogP contribution is -2.07. The van der Waals surface area contributed by atoms with Crippen LogP contribution in [0.4, 0.5) is 0 Å². The van der Waals surface area contributed by atoms with E-state index in [0.29, 0.717) is 33.1 Å². The number of hydrogen-bond donors (Lipinski definition) is 1. The third kappa shape index (κ3) is 5.64. The highest BCUT2D eigenvalue weighted by Crippen LogP contribution is 2.41. The lowest BCUT2D eigenvalue weighted by Gasteiger charge is -2.19. The van der Waals surface area contributed by atoms with Crippen molar-refractivity contribution in [2.75, 3.05) is 7.11 Å². The Morgan fingerprint density at radius 1 is 1.00 bits per heavy atom. The van der Waals surface area contributed by atoms with Gasteiger partial charge in [0.2, 0.25) is 0 Å². The van der Waals surface area contributed by atoms with E-state index in [0.717, 1.165) is 23.4 Å². The Labute approximate surface area is 217 Å². The van der Waals surface area contributed by atoms with Crippen molar-refractivity contribution in [3.8, 4) is 11.4 Å². The molecule has 9 heteroatoms. The molecule has 0 aliphatic heterocycles. The lowest BCUT2D eigenvalue weighted by molar-refractivity contribution is 0.0693. The summed E-state index contributed by atoms with van der Waals surface area (Å²) in [5.41, 5.74) is 2.80. The van der Waals surface area contributed by atoms with E-state index in [2.05, 4.69) is 17.1 Å². The molecule has 6 nitrogen and oxygen atoms in total. The number of hydrogen-bond acceptors (Lipinski definition) is 5. The Morgan fingerprint density at radius 3 is 2.11 bits per heavy atom. The zero-order valence-corrected chi connectivity index (χ0v) is 21.4. The molecule has 4 aromatic rings. The summed E-state index contributed by atoms with van der Waals surface area (Å²) in [4.78, 5) is 11.9. The second-order valence-electron chi connectivity index (χ2n) is 7.77. The number of rotatable bonds is 9. The minimum Gasteiger partial charge on any atom is -0.496 e. The number of ether oxygens (including phenoxy) is 1. The van der Waals surface area contributed by atoms with Crippen molar-refractivity contribution >= 4 is 40.9 Å². The number of carboxylic acid groups (broad SMARTS) is 1. The van der Waals surface area contributed by atoms with Crippen LogP contribution in [-0.2, 0) is 6.42 Å². The van der Waals surface area contributed by atoms with Crippen LogP contribution in [0.25, 0.3) is 5.69 Å². The van der Waals surface area contributed by atoms with Gasteiger partial charge in [0, 0.05) is 16.5 Å². The SMILES string of the molecule is CCCc1nnc(SC(c2ccc(Cl)cc2)c2ccc(Cl)cc2)n1-c1ccc(OC)c(C(=O)O)c1. The van der Waals surface area contributed by atoms with E-state index in [4.69, 9.17) is 27.9 Å². The fourth-order valence-corrected chi connectivity index (χ4v) is 5.19. The summed E-state index contributed by atoms with van der Waals surface area (Å²) in [5.74, 6) is -0.0218. The Morgan fingerprint density at radius 2 is 1.60 bits per heavy atom. The van der Waals surface area contributed by atoms with Gasteiger partial charge in [0.15, 0.2) is 5.16 Å². The zero-order chi connectivity index (χ0) is 24.9. The quantitative estimate of drug-likeness (QED) is 0.233. The Kier molecular flexibility index (Phi) is 8.00. The van der Waals surface area contributed by atoms with Crippen LogP contribution in [0.15, 0.2) is 71.9 Å². The Bertz CT molecular complexity index is 1280. The highest BCUT2D eigenvalue weighted by molar-refractivity contribution is 7.99. The van der Waals surface area contributed by atoms with Gasteiger partial charge < -0.3 is 9.84 Å². The number of carbonyl (C=O) groups is 1. The molecule has 0 unspecified atom stereocenters. The standard InChI is InChI=1S/C26H23Cl2N3O3S/c1-3-4-23-29-30-26(31(23)20-13-14-22(34-2)21(15-20)25(32)33)35-24(16-5-9-18(27)10-6-16)17-7-11-19(28)12-8-17/h5-15,24H,3-4H2,1-2H3,(H,32,33). The third-order valence-corrected chi connectivity index (χ3v) is 7.17. The summed E-state index contributed by atoms with van der Waals surface area (Å²) >= 11 is 13.8. The van der Waals surface area contributed by atoms with Crippen molar-refractivity contribution in [2.24, 2.45) is 0 Å². The van der Waals surface area contributed by atoms with E-state index < -0.39 is 5.97 Å². The van der Waals surface area contributed by atoms with Gasteiger partial charge in [-0.15, -0.1) is 10.2 Å². The first-order valence-corrected chi connectivity index (χ1v) is 12.6. The number of aryl methyl sites for hydroxylation is 1. The normalized spacial score (nSPS) is 11.1. The van der Waals surface area contributed by atoms with Gasteiger partial charge in [-0.2, -0.15) is 0 Å². The molecule has 1 heterocycles. The molecular weight excluding hydrogens is 505 g/mol. The van der Waals surface area contributed by atoms with Crippen LogP contribution < -0.4 is 4.74 Å². The van der Waals surface area contributed by atoms with Crippen molar-refractivity contribution in [3.63, 3.8) is 0 Å². The number of aromatic nitrogens is 3. The molecule has 3 aromatic carbocycles. The van der Waals surface area contributed by atoms with E-state index in [1.54, 1.807) is 12.1 Å². The van der Waals surface area contributed by atoms with Gasteiger partial charge in [-0.1, -0.05) is 66.2 Å². The maximum absolute atomic E-state index is 11.9. The van der Waals surface area contributed by atoms with Gasteiger partial charge in [-0.25, -0.2) is 4.79 Å². The van der Waals surface area contributed by atoms with E-state index in [9.17, 15) is 9.90 Å². The Balaban J connectivity index is 1.83. The van der Waals surface area contributed by atoms with Crippen LogP contribution in [0.2, 0.25) is 10.0 Å². The van der Waals surface area contributed by atoms with E-state index >= 15 is 0 Å². The average molecular weight is 528 g/mol. The average Bonchev–Trinajstić information content (AvgIpc) is 3.25. The number of halogens is 2. The summed E-state index contributed by atoms with van der Waals surface area (Å²) in [6.07, 6.45) is 1.55. The fourth-order valence-electron chi connectivity index (χ4n) is 3.73. The number of benzene rings is 3. The summed E-state index contributed by atoms with van der Waals surface area (Å²) in [6.45, 7) is 2.06. The number of thioether (sulfide) groups is 1. The number of aromatic carboxylic acids is 1. The molecule has 1 aromatic heterocycles. The second kappa shape index (κ2) is 11.2. The number of nitrogens with zero attached hydrogens (tertiary/aromatic N) is 3. The van der Waals surface area contributed by atoms with E-state index in [-0.39, 0.29) is 10.8 Å². The molecule has 0 saturated heterocycles. The van der Waals surface area contributed by atoms with Gasteiger partial charge in [0.05, 0.1) is 18.0 Å². The predicted molar refractivity (Wildman–Crippen MR) is 139 cm³/mol. The largest absolute Gasteiger partial charge is 0.496 e. The first-order chi connectivity index (χ1) is 16.9. The first-order valence-electron chi connectivity index (χ1n) is 10.9. The monoisotopic (exact) mass is 527 g/mol. The molecule has 0 fully saturated rings. The third-order valence-electron chi connectivity index (χ3n) is 5.41. The minimum atomic E-state index is -1.07. The smallest absolute Gasteiger partial charge is 0.339 e. The zero-order valence-electron chi connectivity index (χ0n) is 19.1. The van der Waals surface area contributed by atoms with Gasteiger partial charge in [0.1, 0.15) is 17.1 Å². The molecular formula is C26H23Cl2N3O3S. The minimum absolute atomic E-state index is 0.0732. The molecule has 35 heavy (non-hydrogen) atoms. The highest BCUT2D eigenvalue weighted by atomic mass is 35.5. The fraction of sp³-hybridized carbons (Fsp3) is 0.192. The van der Waals surface area contributed by atoms with Gasteiger partial charge in [0.25, 0.3) is 0 Å². The number of methoxy groups -OCH3 is 1. The summed E-state index contributed by atoms with van der Waals surface area (Å²) in [6, 6.07) is 20.4. The molecule has 0 bridgehead atoms. The van der Waals surface area contributed by atoms with Gasteiger partial charge >= 0.3 is 5.97 Å². The molecule has 0 saturated carbocycles. The van der Waals surface area contributed by atoms with E-state index in [1.165, 1.54) is 18.9 Å². The van der Waals surface area contributed by atoms with Crippen LogP contribution in [0.1, 0.15) is 45.9 Å². The maximum Gasteiger partial charge on any atom is 0.339 e. The summed E-state index contributed by atoms with van der Waals surface area (Å²) in [7, 11) is 1.45. The van der Waals surface area contributed by atoms with Crippen LogP contribution >= 0.6 is 35.0 Å². The van der Waals surface area contributed by atoms with Gasteiger partial charge in [-0.3, -0.25) is 4.57 Å². The van der Waals surface area contributed by atoms with Crippen LogP contribution in [0, 0.1) is 0 Å². The molecule has 180 valence electrons. The van der Waals surface area contributed by atoms with Crippen LogP contribution in [0.3, 0.4) is 0 Å². The van der Waals surface area contributed by atoms with Crippen LogP contribution in [0.5, 0.6) is 5.75 Å². The summed E-state index contributed by atoms with van der Waals surface area (Å²) in [5, 5.41) is 20.5. The van der Waals surface area contributed by atoms with Crippen LogP contribution in [-0.4, -0.2) is 33.0 Å². The molecule has 0 radical (unpaired) electrons. The van der Waals surface area contributed by atoms with Crippen molar-refractivity contribution in [3.05, 3.63) is 99.3 Å². The second-order valence-corrected chi connectivity index (χ2v) is 9.72. The predicted octanol–water partition coefficient (Wildman–Crippen LogP) is 7.12. The molecule has 0 aliphatic rings. The molecule has 0 spiro atoms. The highest BCUT2D eigenvalue weighted by Gasteiger charge is 2.23. The molecule has 4 rings (SSSR count). The van der Waals surface area contributed by atoms with Crippen molar-refractivity contribution in [1.82, 2.24) is 14.8 Å². The number of carboxylic acids is 1. The molecule has 0 atom stereocenters. The first kappa shape index (κ1) is 25.1. The van der Waals surface area contributed by atoms with Gasteiger partial charge in [-0.05, 0) is 60.0 Å². The molecule has 0 amide bonds. The maximum atomic E-state index is 11.9.